The molecular weight excluding hydrogens is 273 g/mol. The van der Waals surface area contributed by atoms with Gasteiger partial charge in [-0.2, -0.15) is 0 Å². The van der Waals surface area contributed by atoms with Crippen LogP contribution in [0.15, 0.2) is 48.7 Å². The molecule has 0 amide bonds. The van der Waals surface area contributed by atoms with Gasteiger partial charge in [0.2, 0.25) is 0 Å². The normalized spacial score (nSPS) is 11.1. The van der Waals surface area contributed by atoms with Crippen molar-refractivity contribution in [1.29, 1.82) is 0 Å². The molecule has 3 nitrogen and oxygen atoms in total. The van der Waals surface area contributed by atoms with Crippen LogP contribution in [0.4, 0.5) is 14.3 Å². The number of hydrogen-bond donors (Lipinski definition) is 0. The quantitative estimate of drug-likeness (QED) is 0.621. The predicted octanol–water partition coefficient (Wildman–Crippen LogP) is 3.59. The molecule has 0 aliphatic heterocycles. The second-order valence-corrected chi connectivity index (χ2v) is 4.58. The van der Waals surface area contributed by atoms with Gasteiger partial charge in [-0.05, 0) is 36.4 Å². The zero-order valence-corrected chi connectivity index (χ0v) is 11.8. The highest BCUT2D eigenvalue weighted by Gasteiger charge is 2.20. The largest absolute Gasteiger partial charge is 0.796 e. The minimum absolute atomic E-state index is 0.0917. The summed E-state index contributed by atoms with van der Waals surface area (Å²) in [6, 6.07) is 12.4. The number of rotatable bonds is 5. The summed E-state index contributed by atoms with van der Waals surface area (Å²) < 4.78 is 29.8. The van der Waals surface area contributed by atoms with Gasteiger partial charge < -0.3 is 9.55 Å². The Kier molecular flexibility index (Phi) is 4.92. The van der Waals surface area contributed by atoms with Crippen molar-refractivity contribution in [1.82, 2.24) is 4.98 Å². The molecular formula is C15H15BF2N2O. The Balaban J connectivity index is 2.34. The van der Waals surface area contributed by atoms with Crippen molar-refractivity contribution in [2.45, 2.75) is 0 Å². The number of pyridine rings is 1. The summed E-state index contributed by atoms with van der Waals surface area (Å²) in [6.07, 6.45) is 3.10. The summed E-state index contributed by atoms with van der Waals surface area (Å²) in [5.74, 6) is 0.0917. The Bertz CT molecular complexity index is 601. The number of hydrogen-bond acceptors (Lipinski definition) is 3. The van der Waals surface area contributed by atoms with Crippen LogP contribution >= 0.6 is 0 Å². The van der Waals surface area contributed by atoms with E-state index in [0.717, 1.165) is 5.69 Å². The number of anilines is 1. The summed E-state index contributed by atoms with van der Waals surface area (Å²) in [5.41, 5.74) is 2.12. The highest BCUT2D eigenvalue weighted by atomic mass is 19.2. The smallest absolute Gasteiger partial charge is 0.505 e. The van der Waals surface area contributed by atoms with E-state index in [1.807, 2.05) is 31.1 Å². The summed E-state index contributed by atoms with van der Waals surface area (Å²) in [4.78, 5) is 6.02. The molecule has 0 saturated heterocycles. The van der Waals surface area contributed by atoms with Gasteiger partial charge in [0, 0.05) is 37.6 Å². The highest BCUT2D eigenvalue weighted by Crippen LogP contribution is 2.23. The summed E-state index contributed by atoms with van der Waals surface area (Å²) in [6.45, 7) is 0. The van der Waals surface area contributed by atoms with Crippen molar-refractivity contribution in [3.05, 3.63) is 59.9 Å². The monoisotopic (exact) mass is 288 g/mol. The van der Waals surface area contributed by atoms with E-state index in [0.29, 0.717) is 11.3 Å². The Hall–Kier alpha value is -2.37. The van der Waals surface area contributed by atoms with Crippen molar-refractivity contribution in [3.8, 4) is 0 Å². The molecule has 0 N–H and O–H groups in total. The third-order valence-electron chi connectivity index (χ3n) is 2.85. The van der Waals surface area contributed by atoms with Crippen LogP contribution < -0.4 is 4.90 Å². The summed E-state index contributed by atoms with van der Waals surface area (Å²) in [7, 11) is 0.943. The van der Waals surface area contributed by atoms with E-state index in [9.17, 15) is 8.63 Å². The standard InChI is InChI=1S/C15H15BF2N2O/c1-20(2)14-8-6-12(7-9-14)15(21-16(17)18)11-13-5-3-4-10-19-13/h3-11H,1-2H3/b15-11-. The van der Waals surface area contributed by atoms with Gasteiger partial charge in [0.05, 0.1) is 5.69 Å². The van der Waals surface area contributed by atoms with Crippen LogP contribution in [0.25, 0.3) is 11.8 Å². The Morgan fingerprint density at radius 1 is 1.14 bits per heavy atom. The van der Waals surface area contributed by atoms with Gasteiger partial charge in [0.25, 0.3) is 0 Å². The molecule has 0 saturated carbocycles. The van der Waals surface area contributed by atoms with E-state index >= 15 is 0 Å². The molecule has 1 heterocycles. The van der Waals surface area contributed by atoms with E-state index < -0.39 is 7.47 Å². The van der Waals surface area contributed by atoms with Crippen LogP contribution in [0, 0.1) is 0 Å². The van der Waals surface area contributed by atoms with E-state index in [-0.39, 0.29) is 5.76 Å². The molecule has 0 atom stereocenters. The van der Waals surface area contributed by atoms with Crippen LogP contribution in [-0.2, 0) is 4.65 Å². The predicted molar refractivity (Wildman–Crippen MR) is 81.9 cm³/mol. The van der Waals surface area contributed by atoms with Gasteiger partial charge in [0.1, 0.15) is 5.76 Å². The minimum Gasteiger partial charge on any atom is -0.505 e. The van der Waals surface area contributed by atoms with Crippen LogP contribution in [0.5, 0.6) is 0 Å². The lowest BCUT2D eigenvalue weighted by Crippen LogP contribution is -2.08. The maximum atomic E-state index is 12.6. The van der Waals surface area contributed by atoms with Crippen LogP contribution in [0.1, 0.15) is 11.3 Å². The number of benzene rings is 1. The van der Waals surface area contributed by atoms with Gasteiger partial charge >= 0.3 is 7.47 Å². The summed E-state index contributed by atoms with van der Waals surface area (Å²) >= 11 is 0. The molecule has 21 heavy (non-hydrogen) atoms. The van der Waals surface area contributed by atoms with Crippen LogP contribution in [0.3, 0.4) is 0 Å². The minimum atomic E-state index is -2.88. The SMILES string of the molecule is CN(C)c1ccc(/C(=C/c2ccccn2)OB(F)F)cc1. The number of aromatic nitrogens is 1. The lowest BCUT2D eigenvalue weighted by atomic mass is 10.1. The Morgan fingerprint density at radius 3 is 2.38 bits per heavy atom. The van der Waals surface area contributed by atoms with E-state index in [4.69, 9.17) is 0 Å². The summed E-state index contributed by atoms with van der Waals surface area (Å²) in [5, 5.41) is 0. The van der Waals surface area contributed by atoms with Crippen molar-refractivity contribution in [3.63, 3.8) is 0 Å². The van der Waals surface area contributed by atoms with Gasteiger partial charge in [-0.25, -0.2) is 8.63 Å². The van der Waals surface area contributed by atoms with Crippen molar-refractivity contribution < 1.29 is 13.3 Å². The van der Waals surface area contributed by atoms with Crippen LogP contribution in [-0.4, -0.2) is 26.5 Å². The Labute approximate surface area is 123 Å². The second kappa shape index (κ2) is 6.88. The molecule has 1 aromatic carbocycles. The topological polar surface area (TPSA) is 25.4 Å². The van der Waals surface area contributed by atoms with E-state index in [1.165, 1.54) is 6.08 Å². The molecule has 6 heteroatoms. The molecule has 0 aliphatic rings. The first-order chi connectivity index (χ1) is 10.1. The maximum Gasteiger partial charge on any atom is 0.796 e. The van der Waals surface area contributed by atoms with Crippen molar-refractivity contribution >= 4 is 25.0 Å². The fraction of sp³-hybridized carbons (Fsp3) is 0.133. The molecule has 0 unspecified atom stereocenters. The lowest BCUT2D eigenvalue weighted by Gasteiger charge is -2.14. The maximum absolute atomic E-state index is 12.6. The molecule has 0 radical (unpaired) electrons. The van der Waals surface area contributed by atoms with Gasteiger partial charge in [-0.1, -0.05) is 6.07 Å². The lowest BCUT2D eigenvalue weighted by molar-refractivity contribution is 0.398. The first-order valence-electron chi connectivity index (χ1n) is 6.41. The Morgan fingerprint density at radius 2 is 1.86 bits per heavy atom. The van der Waals surface area contributed by atoms with Gasteiger partial charge in [-0.3, -0.25) is 4.98 Å². The fourth-order valence-electron chi connectivity index (χ4n) is 1.80. The third-order valence-corrected chi connectivity index (χ3v) is 2.85. The van der Waals surface area contributed by atoms with Crippen molar-refractivity contribution in [2.24, 2.45) is 0 Å². The average molecular weight is 288 g/mol. The first-order valence-corrected chi connectivity index (χ1v) is 6.41. The molecule has 0 spiro atoms. The zero-order chi connectivity index (χ0) is 15.2. The van der Waals surface area contributed by atoms with E-state index in [1.54, 1.807) is 36.5 Å². The molecule has 2 rings (SSSR count). The molecule has 108 valence electrons. The van der Waals surface area contributed by atoms with Crippen molar-refractivity contribution in [2.75, 3.05) is 19.0 Å². The highest BCUT2D eigenvalue weighted by molar-refractivity contribution is 6.36. The van der Waals surface area contributed by atoms with Gasteiger partial charge in [0.15, 0.2) is 0 Å². The third kappa shape index (κ3) is 4.31. The van der Waals surface area contributed by atoms with Gasteiger partial charge in [-0.15, -0.1) is 0 Å². The zero-order valence-electron chi connectivity index (χ0n) is 11.8. The number of halogens is 2. The molecule has 0 fully saturated rings. The molecule has 1 aromatic heterocycles. The molecule has 0 bridgehead atoms. The number of nitrogens with zero attached hydrogens (tertiary/aromatic N) is 2. The second-order valence-electron chi connectivity index (χ2n) is 4.58. The molecule has 2 aromatic rings. The average Bonchev–Trinajstić information content (AvgIpc) is 2.47. The fourth-order valence-corrected chi connectivity index (χ4v) is 1.80. The van der Waals surface area contributed by atoms with E-state index in [2.05, 4.69) is 9.64 Å². The van der Waals surface area contributed by atoms with Crippen LogP contribution in [0.2, 0.25) is 0 Å². The molecule has 0 aliphatic carbocycles. The first kappa shape index (κ1) is 15.0.